The van der Waals surface area contributed by atoms with E-state index in [0.29, 0.717) is 21.5 Å². The van der Waals surface area contributed by atoms with Gasteiger partial charge in [0.15, 0.2) is 0 Å². The lowest BCUT2D eigenvalue weighted by molar-refractivity contribution is -0.139. The van der Waals surface area contributed by atoms with Gasteiger partial charge in [-0.15, -0.1) is 11.8 Å². The van der Waals surface area contributed by atoms with Crippen molar-refractivity contribution in [1.29, 1.82) is 0 Å². The van der Waals surface area contributed by atoms with Gasteiger partial charge in [0.2, 0.25) is 11.8 Å². The fraction of sp³-hybridized carbons (Fsp3) is 0.286. The van der Waals surface area contributed by atoms with Crippen molar-refractivity contribution in [3.63, 3.8) is 0 Å². The molecule has 2 atom stereocenters. The molecule has 0 saturated carbocycles. The molecule has 2 amide bonds. The third-order valence-electron chi connectivity index (χ3n) is 5.80. The van der Waals surface area contributed by atoms with E-state index in [1.807, 2.05) is 56.3 Å². The minimum Gasteiger partial charge on any atom is -0.352 e. The van der Waals surface area contributed by atoms with Crippen LogP contribution in [0, 0.1) is 0 Å². The van der Waals surface area contributed by atoms with E-state index in [1.165, 1.54) is 11.8 Å². The van der Waals surface area contributed by atoms with Crippen LogP contribution in [-0.4, -0.2) is 34.6 Å². The average Bonchev–Trinajstić information content (AvgIpc) is 2.87. The van der Waals surface area contributed by atoms with Gasteiger partial charge in [-0.1, -0.05) is 78.1 Å². The second kappa shape index (κ2) is 13.9. The van der Waals surface area contributed by atoms with Crippen LogP contribution >= 0.6 is 46.6 Å². The van der Waals surface area contributed by atoms with Crippen LogP contribution in [0.2, 0.25) is 15.1 Å². The molecule has 4 nitrogen and oxygen atoms in total. The second-order valence-corrected chi connectivity index (χ2v) is 10.9. The number of amides is 2. The predicted molar refractivity (Wildman–Crippen MR) is 151 cm³/mol. The number of carbonyl (C=O) groups excluding carboxylic acids is 2. The molecular weight excluding hydrogens is 535 g/mol. The number of halogens is 3. The Kier molecular flexibility index (Phi) is 11.0. The zero-order valence-corrected chi connectivity index (χ0v) is 23.3. The summed E-state index contributed by atoms with van der Waals surface area (Å²) in [6, 6.07) is 21.5. The van der Waals surface area contributed by atoms with Crippen molar-refractivity contribution in [3.8, 4) is 0 Å². The topological polar surface area (TPSA) is 49.4 Å². The molecule has 0 fully saturated rings. The van der Waals surface area contributed by atoms with Crippen molar-refractivity contribution in [2.24, 2.45) is 0 Å². The Hall–Kier alpha value is -2.18. The smallest absolute Gasteiger partial charge is 0.243 e. The predicted octanol–water partition coefficient (Wildman–Crippen LogP) is 7.29. The average molecular weight is 564 g/mol. The summed E-state index contributed by atoms with van der Waals surface area (Å²) in [5, 5.41) is 4.66. The molecule has 3 aromatic carbocycles. The number of rotatable bonds is 11. The van der Waals surface area contributed by atoms with E-state index >= 15 is 0 Å². The van der Waals surface area contributed by atoms with Crippen molar-refractivity contribution < 1.29 is 9.59 Å². The number of nitrogens with zero attached hydrogens (tertiary/aromatic N) is 1. The fourth-order valence-corrected chi connectivity index (χ4v) is 4.97. The molecule has 0 radical (unpaired) electrons. The molecule has 3 aromatic rings. The number of nitrogens with one attached hydrogen (secondary N) is 1. The summed E-state index contributed by atoms with van der Waals surface area (Å²) in [7, 11) is 0. The molecule has 0 aliphatic carbocycles. The summed E-state index contributed by atoms with van der Waals surface area (Å²) >= 11 is 20.0. The number of benzene rings is 3. The standard InChI is InChI=1S/C28H29Cl3N2O2S/c1-3-19(2)32-28(35)26(15-20-7-5-4-6-8-20)33(17-21-9-10-23(30)16-25(21)31)27(34)18-36-24-13-11-22(29)12-14-24/h4-14,16,19,26H,3,15,17-18H2,1-2H3,(H,32,35)/t19-,26-/m0/s1. The third kappa shape index (κ3) is 8.45. The molecule has 3 rings (SSSR count). The highest BCUT2D eigenvalue weighted by Gasteiger charge is 2.31. The first-order chi connectivity index (χ1) is 17.3. The maximum absolute atomic E-state index is 13.7. The molecule has 8 heteroatoms. The minimum absolute atomic E-state index is 0.0183. The summed E-state index contributed by atoms with van der Waals surface area (Å²) < 4.78 is 0. The van der Waals surface area contributed by atoms with Crippen molar-refractivity contribution in [2.45, 2.75) is 50.2 Å². The fourth-order valence-electron chi connectivity index (χ4n) is 3.59. The van der Waals surface area contributed by atoms with Crippen LogP contribution in [0.15, 0.2) is 77.7 Å². The van der Waals surface area contributed by atoms with Crippen LogP contribution in [-0.2, 0) is 22.6 Å². The van der Waals surface area contributed by atoms with Gasteiger partial charge in [-0.25, -0.2) is 0 Å². The van der Waals surface area contributed by atoms with Crippen molar-refractivity contribution in [1.82, 2.24) is 10.2 Å². The Morgan fingerprint density at radius 1 is 0.944 bits per heavy atom. The van der Waals surface area contributed by atoms with Crippen LogP contribution in [0.25, 0.3) is 0 Å². The van der Waals surface area contributed by atoms with Gasteiger partial charge in [-0.05, 0) is 60.9 Å². The molecule has 1 N–H and O–H groups in total. The normalized spacial score (nSPS) is 12.6. The largest absolute Gasteiger partial charge is 0.352 e. The van der Waals surface area contributed by atoms with E-state index in [0.717, 1.165) is 22.4 Å². The van der Waals surface area contributed by atoms with Gasteiger partial charge in [0.25, 0.3) is 0 Å². The summed E-state index contributed by atoms with van der Waals surface area (Å²) in [5.74, 6) is -0.196. The molecule has 0 spiro atoms. The van der Waals surface area contributed by atoms with Crippen LogP contribution in [0.5, 0.6) is 0 Å². The van der Waals surface area contributed by atoms with E-state index in [1.54, 1.807) is 35.2 Å². The molecule has 0 aromatic heterocycles. The first-order valence-corrected chi connectivity index (χ1v) is 13.8. The van der Waals surface area contributed by atoms with E-state index in [-0.39, 0.29) is 30.2 Å². The van der Waals surface area contributed by atoms with Crippen LogP contribution in [0.3, 0.4) is 0 Å². The third-order valence-corrected chi connectivity index (χ3v) is 7.64. The Morgan fingerprint density at radius 3 is 2.25 bits per heavy atom. The molecule has 36 heavy (non-hydrogen) atoms. The lowest BCUT2D eigenvalue weighted by Crippen LogP contribution is -2.52. The zero-order valence-electron chi connectivity index (χ0n) is 20.2. The lowest BCUT2D eigenvalue weighted by atomic mass is 10.0. The summed E-state index contributed by atoms with van der Waals surface area (Å²) in [5.41, 5.74) is 1.69. The molecule has 0 heterocycles. The Labute approximate surface area is 232 Å². The van der Waals surface area contributed by atoms with Crippen molar-refractivity contribution in [3.05, 3.63) is 99.0 Å². The zero-order chi connectivity index (χ0) is 26.1. The molecule has 190 valence electrons. The SMILES string of the molecule is CC[C@H](C)NC(=O)[C@H](Cc1ccccc1)N(Cc1ccc(Cl)cc1Cl)C(=O)CSc1ccc(Cl)cc1. The molecule has 0 aliphatic heterocycles. The Bertz CT molecular complexity index is 1160. The number of carbonyl (C=O) groups is 2. The summed E-state index contributed by atoms with van der Waals surface area (Å²) in [4.78, 5) is 29.8. The van der Waals surface area contributed by atoms with Gasteiger partial charge in [0, 0.05) is 39.0 Å². The molecule has 0 bridgehead atoms. The number of thioether (sulfide) groups is 1. The molecule has 0 saturated heterocycles. The van der Waals surface area contributed by atoms with Gasteiger partial charge in [0.1, 0.15) is 6.04 Å². The summed E-state index contributed by atoms with van der Waals surface area (Å²) in [6.45, 7) is 4.15. The van der Waals surface area contributed by atoms with Gasteiger partial charge in [-0.3, -0.25) is 9.59 Å². The second-order valence-electron chi connectivity index (χ2n) is 8.52. The van der Waals surface area contributed by atoms with E-state index < -0.39 is 6.04 Å². The quantitative estimate of drug-likeness (QED) is 0.249. The van der Waals surface area contributed by atoms with Crippen LogP contribution in [0.4, 0.5) is 0 Å². The highest BCUT2D eigenvalue weighted by molar-refractivity contribution is 8.00. The van der Waals surface area contributed by atoms with Crippen LogP contribution in [0.1, 0.15) is 31.4 Å². The van der Waals surface area contributed by atoms with E-state index in [4.69, 9.17) is 34.8 Å². The van der Waals surface area contributed by atoms with Crippen LogP contribution < -0.4 is 5.32 Å². The van der Waals surface area contributed by atoms with E-state index in [2.05, 4.69) is 5.32 Å². The highest BCUT2D eigenvalue weighted by Crippen LogP contribution is 2.26. The maximum Gasteiger partial charge on any atom is 0.243 e. The van der Waals surface area contributed by atoms with Gasteiger partial charge in [-0.2, -0.15) is 0 Å². The minimum atomic E-state index is -0.716. The van der Waals surface area contributed by atoms with Gasteiger partial charge >= 0.3 is 0 Å². The molecule has 0 unspecified atom stereocenters. The first kappa shape index (κ1) is 28.4. The maximum atomic E-state index is 13.7. The Balaban J connectivity index is 1.93. The Morgan fingerprint density at radius 2 is 1.61 bits per heavy atom. The lowest BCUT2D eigenvalue weighted by Gasteiger charge is -2.32. The molecular formula is C28H29Cl3N2O2S. The number of hydrogen-bond acceptors (Lipinski definition) is 3. The number of hydrogen-bond donors (Lipinski definition) is 1. The van der Waals surface area contributed by atoms with Crippen molar-refractivity contribution >= 4 is 58.4 Å². The van der Waals surface area contributed by atoms with Gasteiger partial charge < -0.3 is 10.2 Å². The summed E-state index contributed by atoms with van der Waals surface area (Å²) in [6.07, 6.45) is 1.17. The van der Waals surface area contributed by atoms with Gasteiger partial charge in [0.05, 0.1) is 5.75 Å². The monoisotopic (exact) mass is 562 g/mol. The van der Waals surface area contributed by atoms with E-state index in [9.17, 15) is 9.59 Å². The molecule has 0 aliphatic rings. The highest BCUT2D eigenvalue weighted by atomic mass is 35.5. The first-order valence-electron chi connectivity index (χ1n) is 11.7. The van der Waals surface area contributed by atoms with Crippen molar-refractivity contribution in [2.75, 3.05) is 5.75 Å².